The van der Waals surface area contributed by atoms with E-state index in [0.29, 0.717) is 24.0 Å². The predicted molar refractivity (Wildman–Crippen MR) is 266 cm³/mol. The van der Waals surface area contributed by atoms with Crippen LogP contribution in [0.4, 0.5) is 0 Å². The van der Waals surface area contributed by atoms with Gasteiger partial charge in [-0.3, -0.25) is 9.59 Å². The van der Waals surface area contributed by atoms with E-state index in [9.17, 15) is 14.7 Å². The van der Waals surface area contributed by atoms with Gasteiger partial charge >= 0.3 is 0 Å². The van der Waals surface area contributed by atoms with Gasteiger partial charge in [0.15, 0.2) is 12.6 Å². The van der Waals surface area contributed by atoms with E-state index < -0.39 is 0 Å². The number of aromatic nitrogens is 6. The number of rotatable bonds is 12. The number of hydrogen-bond donors (Lipinski definition) is 7. The van der Waals surface area contributed by atoms with Gasteiger partial charge in [0.05, 0.1) is 6.61 Å². The van der Waals surface area contributed by atoms with E-state index in [4.69, 9.17) is 0 Å². The SMILES string of the molecule is CC(c1[nH]c2ccccc2c1C=O)c1c[nH]c2cc(Cc3ccc4[nH]c(C(C)c5c[nH]c6ccc(-c7ccc8[nH]c(Cc9c[nH]c%10ccccc9%10)c(CO)c8c7)cc56)c(C=O)c4c3)ccc12. The topological polar surface area (TPSA) is 149 Å². The second kappa shape index (κ2) is 15.5. The molecular formula is C57H46N6O3. The van der Waals surface area contributed by atoms with Gasteiger partial charge in [0, 0.05) is 136 Å². The highest BCUT2D eigenvalue weighted by molar-refractivity contribution is 6.01. The normalized spacial score (nSPS) is 13.0. The summed E-state index contributed by atoms with van der Waals surface area (Å²) in [5.41, 5.74) is 19.0. The van der Waals surface area contributed by atoms with Gasteiger partial charge in [-0.2, -0.15) is 0 Å². The summed E-state index contributed by atoms with van der Waals surface area (Å²) in [5.74, 6) is -0.126. The van der Waals surface area contributed by atoms with Crippen molar-refractivity contribution < 1.29 is 14.7 Å². The molecule has 0 saturated carbocycles. The van der Waals surface area contributed by atoms with Crippen LogP contribution in [0.1, 0.15) is 96.9 Å². The highest BCUT2D eigenvalue weighted by atomic mass is 16.3. The van der Waals surface area contributed by atoms with Crippen LogP contribution < -0.4 is 0 Å². The summed E-state index contributed by atoms with van der Waals surface area (Å²) in [7, 11) is 0. The molecule has 6 heterocycles. The average molecular weight is 863 g/mol. The summed E-state index contributed by atoms with van der Waals surface area (Å²) in [6, 6.07) is 42.0. The first kappa shape index (κ1) is 39.5. The molecule has 9 heteroatoms. The zero-order chi connectivity index (χ0) is 44.6. The summed E-state index contributed by atoms with van der Waals surface area (Å²) in [4.78, 5) is 46.3. The Hall–Kier alpha value is -8.14. The molecule has 6 aromatic heterocycles. The number of nitrogens with one attached hydrogen (secondary N) is 6. The second-order valence-corrected chi connectivity index (χ2v) is 17.9. The summed E-state index contributed by atoms with van der Waals surface area (Å²) < 4.78 is 0. The van der Waals surface area contributed by atoms with Gasteiger partial charge in [-0.1, -0.05) is 80.6 Å². The third-order valence-electron chi connectivity index (χ3n) is 14.2. The molecule has 12 aromatic rings. The molecule has 7 N–H and O–H groups in total. The van der Waals surface area contributed by atoms with Gasteiger partial charge in [0.1, 0.15) is 0 Å². The van der Waals surface area contributed by atoms with Crippen molar-refractivity contribution in [2.45, 2.75) is 45.1 Å². The molecule has 12 rings (SSSR count). The van der Waals surface area contributed by atoms with Crippen LogP contribution in [0.2, 0.25) is 0 Å². The first-order chi connectivity index (χ1) is 32.4. The third-order valence-corrected chi connectivity index (χ3v) is 14.2. The fourth-order valence-corrected chi connectivity index (χ4v) is 10.7. The lowest BCUT2D eigenvalue weighted by Gasteiger charge is -2.11. The van der Waals surface area contributed by atoms with Crippen LogP contribution >= 0.6 is 0 Å². The van der Waals surface area contributed by atoms with Crippen LogP contribution in [0.15, 0.2) is 140 Å². The van der Waals surface area contributed by atoms with Gasteiger partial charge in [-0.05, 0) is 100.0 Å². The van der Waals surface area contributed by atoms with Crippen LogP contribution in [0.5, 0.6) is 0 Å². The van der Waals surface area contributed by atoms with Crippen molar-refractivity contribution in [3.8, 4) is 11.1 Å². The molecule has 6 aromatic carbocycles. The number of hydrogen-bond acceptors (Lipinski definition) is 3. The minimum Gasteiger partial charge on any atom is -0.392 e. The molecule has 0 saturated heterocycles. The van der Waals surface area contributed by atoms with E-state index in [1.165, 1.54) is 10.9 Å². The molecule has 2 unspecified atom stereocenters. The Bertz CT molecular complexity index is 3870. The van der Waals surface area contributed by atoms with Crippen LogP contribution in [0.25, 0.3) is 76.5 Å². The third kappa shape index (κ3) is 6.34. The lowest BCUT2D eigenvalue weighted by Crippen LogP contribution is -1.99. The number of carbonyl (C=O) groups is 2. The average Bonchev–Trinajstić information content (AvgIpc) is 4.22. The maximum Gasteiger partial charge on any atom is 0.152 e. The number of aromatic amines is 6. The Morgan fingerprint density at radius 2 is 1.05 bits per heavy atom. The van der Waals surface area contributed by atoms with Crippen LogP contribution in [0, 0.1) is 0 Å². The number of aliphatic hydroxyl groups is 1. The van der Waals surface area contributed by atoms with Crippen LogP contribution in [-0.4, -0.2) is 47.6 Å². The molecule has 0 aliphatic rings. The highest BCUT2D eigenvalue weighted by Crippen LogP contribution is 2.39. The minimum absolute atomic E-state index is 0.0182. The Kier molecular flexibility index (Phi) is 9.29. The number of para-hydroxylation sites is 2. The van der Waals surface area contributed by atoms with Gasteiger partial charge in [0.2, 0.25) is 0 Å². The Balaban J connectivity index is 0.818. The summed E-state index contributed by atoms with van der Waals surface area (Å²) >= 11 is 0. The van der Waals surface area contributed by atoms with Crippen molar-refractivity contribution in [3.63, 3.8) is 0 Å². The predicted octanol–water partition coefficient (Wildman–Crippen LogP) is 12.8. The van der Waals surface area contributed by atoms with Crippen LogP contribution in [0.3, 0.4) is 0 Å². The standard InChI is InChI=1S/C57H46N6O3/c1-31(56-47(29-65)39-8-4-6-10-51(39)62-56)44-26-60-54-21-34(11-15-40(44)54)19-33-12-16-53-41(20-33)48(30-66)57(63-53)32(2)45-27-59-50-17-13-35(22-42(45)50)36-14-18-52-43(23-36)46(28-64)55(61-52)24-37-25-58-49-9-5-3-7-38(37)49/h3-18,20-23,25-27,29-32,58-64H,19,24,28H2,1-2H3. The number of H-pyrrole nitrogens is 6. The number of aldehydes is 2. The van der Waals surface area contributed by atoms with Gasteiger partial charge in [-0.15, -0.1) is 0 Å². The van der Waals surface area contributed by atoms with Crippen molar-refractivity contribution in [2.24, 2.45) is 0 Å². The van der Waals surface area contributed by atoms with Crippen molar-refractivity contribution in [2.75, 3.05) is 0 Å². The fourth-order valence-electron chi connectivity index (χ4n) is 10.7. The largest absolute Gasteiger partial charge is 0.392 e. The zero-order valence-electron chi connectivity index (χ0n) is 36.5. The first-order valence-electron chi connectivity index (χ1n) is 22.5. The Labute approximate surface area is 378 Å². The maximum absolute atomic E-state index is 13.0. The smallest absolute Gasteiger partial charge is 0.152 e. The van der Waals surface area contributed by atoms with E-state index in [1.807, 2.05) is 30.3 Å². The molecule has 0 radical (unpaired) electrons. The summed E-state index contributed by atoms with van der Waals surface area (Å²) in [6.45, 7) is 4.23. The van der Waals surface area contributed by atoms with E-state index >= 15 is 0 Å². The molecule has 0 aliphatic heterocycles. The molecule has 66 heavy (non-hydrogen) atoms. The fraction of sp³-hybridized carbons (Fsp3) is 0.123. The van der Waals surface area contributed by atoms with E-state index in [2.05, 4.69) is 153 Å². The van der Waals surface area contributed by atoms with E-state index in [1.54, 1.807) is 0 Å². The van der Waals surface area contributed by atoms with E-state index in [-0.39, 0.29) is 18.4 Å². The summed E-state index contributed by atoms with van der Waals surface area (Å²) in [5, 5.41) is 16.9. The molecular weight excluding hydrogens is 817 g/mol. The maximum atomic E-state index is 13.0. The minimum atomic E-state index is -0.107. The first-order valence-corrected chi connectivity index (χ1v) is 22.5. The van der Waals surface area contributed by atoms with Crippen LogP contribution in [-0.2, 0) is 19.4 Å². The molecule has 0 amide bonds. The lowest BCUT2D eigenvalue weighted by molar-refractivity contribution is 0.111. The molecule has 0 bridgehead atoms. The lowest BCUT2D eigenvalue weighted by atomic mass is 9.92. The molecule has 2 atom stereocenters. The monoisotopic (exact) mass is 862 g/mol. The molecule has 0 spiro atoms. The van der Waals surface area contributed by atoms with Crippen molar-refractivity contribution in [1.29, 1.82) is 0 Å². The van der Waals surface area contributed by atoms with Gasteiger partial charge < -0.3 is 35.0 Å². The number of fused-ring (bicyclic) bond motifs is 6. The molecule has 0 aliphatic carbocycles. The Morgan fingerprint density at radius 3 is 1.80 bits per heavy atom. The molecule has 0 fully saturated rings. The van der Waals surface area contributed by atoms with Crippen molar-refractivity contribution >= 4 is 78.0 Å². The number of benzene rings is 6. The second-order valence-electron chi connectivity index (χ2n) is 17.9. The van der Waals surface area contributed by atoms with Gasteiger partial charge in [0.25, 0.3) is 0 Å². The summed E-state index contributed by atoms with van der Waals surface area (Å²) in [6.07, 6.45) is 9.50. The highest BCUT2D eigenvalue weighted by Gasteiger charge is 2.23. The zero-order valence-corrected chi connectivity index (χ0v) is 36.5. The van der Waals surface area contributed by atoms with Crippen molar-refractivity contribution in [3.05, 3.63) is 202 Å². The van der Waals surface area contributed by atoms with Crippen molar-refractivity contribution in [1.82, 2.24) is 29.9 Å². The Morgan fingerprint density at radius 1 is 0.485 bits per heavy atom. The number of carbonyl (C=O) groups excluding carboxylic acids is 2. The number of aliphatic hydroxyl groups excluding tert-OH is 1. The molecule has 9 nitrogen and oxygen atoms in total. The van der Waals surface area contributed by atoms with Gasteiger partial charge in [-0.25, -0.2) is 0 Å². The quantitative estimate of drug-likeness (QED) is 0.0613. The molecule has 322 valence electrons. The van der Waals surface area contributed by atoms with E-state index in [0.717, 1.165) is 129 Å².